The first kappa shape index (κ1) is 30.5. The van der Waals surface area contributed by atoms with Crippen molar-refractivity contribution in [3.8, 4) is 27.4 Å². The first-order chi connectivity index (χ1) is 23.3. The number of fused-ring (bicyclic) bond motifs is 7. The molecule has 2 aromatic heterocycles. The van der Waals surface area contributed by atoms with Crippen LogP contribution < -0.4 is 15.2 Å². The molecule has 13 heteroatoms. The summed E-state index contributed by atoms with van der Waals surface area (Å²) in [5.74, 6) is -2.68. The molecular formula is C35H32F2N4O6S. The molecular weight excluding hydrogens is 642 g/mol. The Balaban J connectivity index is 1.38. The molecule has 1 spiro atoms. The molecule has 10 nitrogen and oxygen atoms in total. The van der Waals surface area contributed by atoms with Gasteiger partial charge in [0.15, 0.2) is 17.3 Å². The van der Waals surface area contributed by atoms with E-state index in [4.69, 9.17) is 9.47 Å². The van der Waals surface area contributed by atoms with Crippen LogP contribution in [0, 0.1) is 17.0 Å². The van der Waals surface area contributed by atoms with Crippen molar-refractivity contribution in [1.82, 2.24) is 14.6 Å². The van der Waals surface area contributed by atoms with Crippen molar-refractivity contribution in [3.63, 3.8) is 0 Å². The molecule has 1 amide bonds. The van der Waals surface area contributed by atoms with Crippen LogP contribution in [0.25, 0.3) is 21.7 Å². The SMILES string of the molecule is COC(=O)OCOc1c2n(ccc1=O)N([C@@H]1c3ccccc3-c3scnc3-c3c1ccc(F)c3F)[C@@H]1CC3(CCCCC3)CCN1C2=O. The summed E-state index contributed by atoms with van der Waals surface area (Å²) in [6, 6.07) is 11.0. The van der Waals surface area contributed by atoms with Crippen molar-refractivity contribution < 1.29 is 32.6 Å². The molecule has 48 heavy (non-hydrogen) atoms. The van der Waals surface area contributed by atoms with E-state index in [1.807, 2.05) is 29.3 Å². The van der Waals surface area contributed by atoms with E-state index in [0.29, 0.717) is 29.1 Å². The molecule has 4 aliphatic rings. The Bertz CT molecular complexity index is 2010. The van der Waals surface area contributed by atoms with Gasteiger partial charge < -0.3 is 19.1 Å². The predicted octanol–water partition coefficient (Wildman–Crippen LogP) is 6.60. The smallest absolute Gasteiger partial charge is 0.451 e. The fourth-order valence-corrected chi connectivity index (χ4v) is 9.03. The van der Waals surface area contributed by atoms with Crippen LogP contribution >= 0.6 is 11.3 Å². The standard InChI is InChI=1S/C35H32F2N4O6S/c1-45-34(44)47-19-46-31-24(42)11-15-40-30(31)33(43)39-16-14-35(12-5-2-6-13-35)17-25(39)41(40)29-20-7-3-4-8-21(20)32-28(38-18-48-32)26-22(29)9-10-23(36)27(26)37/h3-4,7-11,15,18,25,29H,2,5-6,12-14,16-17,19H2,1H3/t25-,29-/m1/s1. The number of methoxy groups -OCH3 is 1. The number of piperidine rings is 1. The van der Waals surface area contributed by atoms with Crippen LogP contribution in [0.3, 0.4) is 0 Å². The summed E-state index contributed by atoms with van der Waals surface area (Å²) in [6.07, 6.45) is 6.93. The Morgan fingerprint density at radius 3 is 2.67 bits per heavy atom. The summed E-state index contributed by atoms with van der Waals surface area (Å²) < 4.78 is 47.9. The quantitative estimate of drug-likeness (QED) is 0.176. The van der Waals surface area contributed by atoms with E-state index in [9.17, 15) is 14.4 Å². The molecule has 0 bridgehead atoms. The third kappa shape index (κ3) is 4.69. The van der Waals surface area contributed by atoms with Crippen molar-refractivity contribution in [2.75, 3.05) is 25.5 Å². The van der Waals surface area contributed by atoms with Crippen LogP contribution in [-0.4, -0.2) is 53.2 Å². The number of thiazole rings is 1. The summed E-state index contributed by atoms with van der Waals surface area (Å²) in [7, 11) is 1.14. The first-order valence-electron chi connectivity index (χ1n) is 16.0. The molecule has 248 valence electrons. The third-order valence-electron chi connectivity index (χ3n) is 10.4. The minimum atomic E-state index is -1.01. The van der Waals surface area contributed by atoms with E-state index >= 15 is 8.78 Å². The number of rotatable bonds is 4. The summed E-state index contributed by atoms with van der Waals surface area (Å²) in [6.45, 7) is -0.223. The highest BCUT2D eigenvalue weighted by Gasteiger charge is 2.51. The molecule has 4 heterocycles. The zero-order valence-electron chi connectivity index (χ0n) is 26.1. The summed E-state index contributed by atoms with van der Waals surface area (Å²) in [5, 5.41) is 2.02. The average Bonchev–Trinajstić information content (AvgIpc) is 3.54. The number of amides is 1. The molecule has 0 radical (unpaired) electrons. The predicted molar refractivity (Wildman–Crippen MR) is 172 cm³/mol. The van der Waals surface area contributed by atoms with Crippen LogP contribution in [0.15, 0.2) is 59.0 Å². The average molecular weight is 675 g/mol. The van der Waals surface area contributed by atoms with Gasteiger partial charge in [0.2, 0.25) is 18.0 Å². The van der Waals surface area contributed by atoms with Gasteiger partial charge in [-0.25, -0.2) is 18.6 Å². The maximum absolute atomic E-state index is 16.1. The minimum Gasteiger partial charge on any atom is -0.451 e. The largest absolute Gasteiger partial charge is 0.510 e. The van der Waals surface area contributed by atoms with Crippen LogP contribution in [0.4, 0.5) is 13.6 Å². The Morgan fingerprint density at radius 1 is 1.04 bits per heavy atom. The number of halogens is 2. The van der Waals surface area contributed by atoms with E-state index in [2.05, 4.69) is 9.72 Å². The fraction of sp³-hybridized carbons (Fsp3) is 0.371. The Kier molecular flexibility index (Phi) is 7.46. The lowest BCUT2D eigenvalue weighted by atomic mass is 9.67. The molecule has 2 aliphatic heterocycles. The lowest BCUT2D eigenvalue weighted by molar-refractivity contribution is -0.000767. The number of carbonyl (C=O) groups excluding carboxylic acids is 2. The molecule has 0 N–H and O–H groups in total. The van der Waals surface area contributed by atoms with E-state index in [1.54, 1.807) is 21.2 Å². The van der Waals surface area contributed by atoms with Gasteiger partial charge in [-0.3, -0.25) is 19.3 Å². The number of pyridine rings is 1. The van der Waals surface area contributed by atoms with E-state index < -0.39 is 48.1 Å². The zero-order chi connectivity index (χ0) is 33.2. The number of ether oxygens (including phenoxy) is 3. The Morgan fingerprint density at radius 2 is 1.85 bits per heavy atom. The number of benzene rings is 2. The maximum Gasteiger partial charge on any atom is 0.510 e. The van der Waals surface area contributed by atoms with Crippen LogP contribution in [0.1, 0.15) is 72.6 Å². The number of carbonyl (C=O) groups is 2. The van der Waals surface area contributed by atoms with E-state index in [-0.39, 0.29) is 22.4 Å². The molecule has 2 atom stereocenters. The van der Waals surface area contributed by atoms with Crippen molar-refractivity contribution in [1.29, 1.82) is 0 Å². The molecule has 1 saturated heterocycles. The normalized spacial score (nSPS) is 20.5. The molecule has 0 unspecified atom stereocenters. The minimum absolute atomic E-state index is 0.00342. The first-order valence-corrected chi connectivity index (χ1v) is 16.9. The maximum atomic E-state index is 16.1. The highest BCUT2D eigenvalue weighted by Crippen LogP contribution is 2.53. The number of hydrogen-bond donors (Lipinski definition) is 0. The second kappa shape index (κ2) is 11.7. The molecule has 2 fully saturated rings. The van der Waals surface area contributed by atoms with Crippen molar-refractivity contribution >= 4 is 23.4 Å². The van der Waals surface area contributed by atoms with Gasteiger partial charge in [-0.1, -0.05) is 49.6 Å². The zero-order valence-corrected chi connectivity index (χ0v) is 26.9. The van der Waals surface area contributed by atoms with Crippen LogP contribution in [-0.2, 0) is 9.47 Å². The number of nitrogens with zero attached hydrogens (tertiary/aromatic N) is 4. The molecule has 1 saturated carbocycles. The fourth-order valence-electron chi connectivity index (χ4n) is 8.19. The van der Waals surface area contributed by atoms with Gasteiger partial charge >= 0.3 is 6.16 Å². The second-order valence-electron chi connectivity index (χ2n) is 12.8. The van der Waals surface area contributed by atoms with Crippen molar-refractivity contribution in [2.45, 2.75) is 57.2 Å². The number of aromatic nitrogens is 2. The van der Waals surface area contributed by atoms with Gasteiger partial charge in [0.1, 0.15) is 6.17 Å². The number of hydrogen-bond acceptors (Lipinski definition) is 9. The summed E-state index contributed by atoms with van der Waals surface area (Å²) in [4.78, 5) is 46.5. The van der Waals surface area contributed by atoms with Gasteiger partial charge in [0.25, 0.3) is 5.91 Å². The molecule has 8 rings (SSSR count). The second-order valence-corrected chi connectivity index (χ2v) is 13.6. The molecule has 4 aromatic rings. The highest BCUT2D eigenvalue weighted by molar-refractivity contribution is 7.13. The van der Waals surface area contributed by atoms with Gasteiger partial charge in [0, 0.05) is 24.4 Å². The Labute approximate surface area is 278 Å². The topological polar surface area (TPSA) is 103 Å². The van der Waals surface area contributed by atoms with Gasteiger partial charge in [-0.05, 0) is 53.9 Å². The van der Waals surface area contributed by atoms with E-state index in [0.717, 1.165) is 56.4 Å². The lowest BCUT2D eigenvalue weighted by Gasteiger charge is -2.56. The van der Waals surface area contributed by atoms with E-state index in [1.165, 1.54) is 30.0 Å². The Hall–Kier alpha value is -4.78. The summed E-state index contributed by atoms with van der Waals surface area (Å²) in [5.41, 5.74) is 3.51. The monoisotopic (exact) mass is 674 g/mol. The van der Waals surface area contributed by atoms with Crippen molar-refractivity contribution in [3.05, 3.63) is 92.9 Å². The van der Waals surface area contributed by atoms with Gasteiger partial charge in [-0.2, -0.15) is 0 Å². The molecule has 2 aliphatic carbocycles. The van der Waals surface area contributed by atoms with Gasteiger partial charge in [0.05, 0.1) is 29.2 Å². The third-order valence-corrected chi connectivity index (χ3v) is 11.2. The molecule has 2 aromatic carbocycles. The van der Waals surface area contributed by atoms with Crippen LogP contribution in [0.2, 0.25) is 0 Å². The van der Waals surface area contributed by atoms with Crippen LogP contribution in [0.5, 0.6) is 5.75 Å². The highest BCUT2D eigenvalue weighted by atomic mass is 32.1. The van der Waals surface area contributed by atoms with Crippen molar-refractivity contribution in [2.24, 2.45) is 5.41 Å². The summed E-state index contributed by atoms with van der Waals surface area (Å²) >= 11 is 1.35. The lowest BCUT2D eigenvalue weighted by Crippen LogP contribution is -2.66. The van der Waals surface area contributed by atoms with Gasteiger partial charge in [-0.15, -0.1) is 11.3 Å².